The fourth-order valence-electron chi connectivity index (χ4n) is 2.82. The van der Waals surface area contributed by atoms with Crippen LogP contribution in [-0.4, -0.2) is 27.9 Å². The third-order valence-electron chi connectivity index (χ3n) is 3.92. The number of thiazole rings is 1. The van der Waals surface area contributed by atoms with Gasteiger partial charge in [-0.15, -0.1) is 11.3 Å². The third-order valence-corrected chi connectivity index (χ3v) is 5.00. The van der Waals surface area contributed by atoms with Crippen LogP contribution < -0.4 is 16.0 Å². The summed E-state index contributed by atoms with van der Waals surface area (Å²) in [5.74, 6) is 0.387. The lowest BCUT2D eigenvalue weighted by molar-refractivity contribution is -0.114. The van der Waals surface area contributed by atoms with Gasteiger partial charge in [-0.2, -0.15) is 0 Å². The Hall–Kier alpha value is -3.10. The van der Waals surface area contributed by atoms with Crippen molar-refractivity contribution in [1.29, 1.82) is 0 Å². The molecule has 0 spiro atoms. The Kier molecular flexibility index (Phi) is 4.66. The number of nitrogens with one attached hydrogen (secondary N) is 3. The van der Waals surface area contributed by atoms with Gasteiger partial charge in [-0.1, -0.05) is 6.07 Å². The Morgan fingerprint density at radius 2 is 2.00 bits per heavy atom. The first-order valence-electron chi connectivity index (χ1n) is 8.47. The highest BCUT2D eigenvalue weighted by Crippen LogP contribution is 2.30. The van der Waals surface area contributed by atoms with Crippen molar-refractivity contribution in [3.8, 4) is 0 Å². The van der Waals surface area contributed by atoms with Crippen LogP contribution >= 0.6 is 11.3 Å². The zero-order chi connectivity index (χ0) is 18.8. The molecule has 2 aromatic carbocycles. The predicted octanol–water partition coefficient (Wildman–Crippen LogP) is 3.66. The van der Waals surface area contributed by atoms with Crippen LogP contribution in [0.3, 0.4) is 0 Å². The summed E-state index contributed by atoms with van der Waals surface area (Å²) in [4.78, 5) is 25.0. The van der Waals surface area contributed by atoms with E-state index in [4.69, 9.17) is 4.98 Å². The van der Waals surface area contributed by atoms with E-state index in [9.17, 15) is 4.79 Å². The minimum Gasteiger partial charge on any atom is -0.326 e. The Morgan fingerprint density at radius 3 is 2.81 bits per heavy atom. The van der Waals surface area contributed by atoms with Gasteiger partial charge in [-0.05, 0) is 37.4 Å². The average Bonchev–Trinajstić information content (AvgIpc) is 3.05. The van der Waals surface area contributed by atoms with Crippen molar-refractivity contribution in [2.45, 2.75) is 13.5 Å². The van der Waals surface area contributed by atoms with Crippen LogP contribution in [0.25, 0.3) is 21.1 Å². The van der Waals surface area contributed by atoms with Crippen molar-refractivity contribution in [2.75, 3.05) is 17.7 Å². The Morgan fingerprint density at radius 1 is 1.15 bits per heavy atom. The van der Waals surface area contributed by atoms with Gasteiger partial charge < -0.3 is 16.0 Å². The molecule has 0 radical (unpaired) electrons. The number of carbonyl (C=O) groups is 1. The molecule has 4 aromatic rings. The van der Waals surface area contributed by atoms with Crippen LogP contribution in [0.2, 0.25) is 0 Å². The number of aromatic nitrogens is 3. The lowest BCUT2D eigenvalue weighted by Gasteiger charge is -2.08. The van der Waals surface area contributed by atoms with E-state index < -0.39 is 0 Å². The SMILES string of the molecule is CNCc1nc2ccc3cnc(Nc4cccc(NC(C)=O)c4)nc3c2s1. The van der Waals surface area contributed by atoms with Gasteiger partial charge >= 0.3 is 0 Å². The number of carbonyl (C=O) groups excluding carboxylic acids is 1. The summed E-state index contributed by atoms with van der Waals surface area (Å²) >= 11 is 1.64. The zero-order valence-electron chi connectivity index (χ0n) is 14.9. The molecule has 2 aromatic heterocycles. The number of fused-ring (bicyclic) bond motifs is 3. The Labute approximate surface area is 159 Å². The molecule has 0 saturated heterocycles. The van der Waals surface area contributed by atoms with E-state index in [-0.39, 0.29) is 5.91 Å². The highest BCUT2D eigenvalue weighted by atomic mass is 32.1. The number of anilines is 3. The summed E-state index contributed by atoms with van der Waals surface area (Å²) in [5.41, 5.74) is 3.33. The molecule has 1 amide bonds. The predicted molar refractivity (Wildman–Crippen MR) is 110 cm³/mol. The molecule has 0 saturated carbocycles. The molecule has 8 heteroatoms. The molecule has 0 unspecified atom stereocenters. The third kappa shape index (κ3) is 3.71. The molecule has 4 rings (SSSR count). The van der Waals surface area contributed by atoms with Crippen LogP contribution in [0, 0.1) is 0 Å². The van der Waals surface area contributed by atoms with Crippen molar-refractivity contribution in [3.05, 3.63) is 47.6 Å². The van der Waals surface area contributed by atoms with E-state index in [0.717, 1.165) is 44.0 Å². The second-order valence-electron chi connectivity index (χ2n) is 6.07. The summed E-state index contributed by atoms with van der Waals surface area (Å²) in [5, 5.41) is 11.1. The van der Waals surface area contributed by atoms with E-state index in [0.29, 0.717) is 5.95 Å². The molecule has 0 aliphatic carbocycles. The summed E-state index contributed by atoms with van der Waals surface area (Å²) in [6, 6.07) is 11.4. The summed E-state index contributed by atoms with van der Waals surface area (Å²) < 4.78 is 1.05. The molecule has 136 valence electrons. The number of nitrogens with zero attached hydrogens (tertiary/aromatic N) is 3. The maximum absolute atomic E-state index is 11.2. The largest absolute Gasteiger partial charge is 0.326 e. The van der Waals surface area contributed by atoms with Gasteiger partial charge in [0, 0.05) is 36.4 Å². The Bertz CT molecular complexity index is 1140. The number of benzene rings is 2. The van der Waals surface area contributed by atoms with Crippen molar-refractivity contribution < 1.29 is 4.79 Å². The number of rotatable bonds is 5. The molecule has 2 heterocycles. The second kappa shape index (κ2) is 7.26. The van der Waals surface area contributed by atoms with Crippen LogP contribution in [0.4, 0.5) is 17.3 Å². The fraction of sp³-hybridized carbons (Fsp3) is 0.158. The van der Waals surface area contributed by atoms with E-state index in [1.807, 2.05) is 43.4 Å². The van der Waals surface area contributed by atoms with Crippen molar-refractivity contribution in [3.63, 3.8) is 0 Å². The van der Waals surface area contributed by atoms with Gasteiger partial charge in [-0.25, -0.2) is 15.0 Å². The van der Waals surface area contributed by atoms with E-state index in [1.165, 1.54) is 6.92 Å². The van der Waals surface area contributed by atoms with Crippen molar-refractivity contribution in [1.82, 2.24) is 20.3 Å². The summed E-state index contributed by atoms with van der Waals surface area (Å²) in [7, 11) is 1.91. The quantitative estimate of drug-likeness (QED) is 0.491. The number of hydrogen-bond acceptors (Lipinski definition) is 7. The van der Waals surface area contributed by atoms with Gasteiger partial charge in [0.25, 0.3) is 0 Å². The summed E-state index contributed by atoms with van der Waals surface area (Å²) in [6.07, 6.45) is 1.80. The highest BCUT2D eigenvalue weighted by molar-refractivity contribution is 7.19. The van der Waals surface area contributed by atoms with Gasteiger partial charge in [0.05, 0.1) is 15.7 Å². The monoisotopic (exact) mass is 378 g/mol. The molecular weight excluding hydrogens is 360 g/mol. The topological polar surface area (TPSA) is 91.8 Å². The molecule has 7 nitrogen and oxygen atoms in total. The number of amides is 1. The molecule has 3 N–H and O–H groups in total. The standard InChI is InChI=1S/C19H18N6OS/c1-11(26)22-13-4-3-5-14(8-13)23-19-21-9-12-6-7-15-18(17(12)25-19)27-16(24-15)10-20-2/h3-9,20H,10H2,1-2H3,(H,22,26)(H,21,23,25). The van der Waals surface area contributed by atoms with Crippen molar-refractivity contribution >= 4 is 55.7 Å². The molecular formula is C19H18N6OS. The lowest BCUT2D eigenvalue weighted by Crippen LogP contribution is -2.06. The molecule has 0 aliphatic heterocycles. The molecule has 27 heavy (non-hydrogen) atoms. The van der Waals surface area contributed by atoms with Gasteiger partial charge in [0.1, 0.15) is 5.01 Å². The average molecular weight is 378 g/mol. The Balaban J connectivity index is 1.70. The van der Waals surface area contributed by atoms with Gasteiger partial charge in [0.2, 0.25) is 11.9 Å². The van der Waals surface area contributed by atoms with Gasteiger partial charge in [-0.3, -0.25) is 4.79 Å². The number of hydrogen-bond donors (Lipinski definition) is 3. The first kappa shape index (κ1) is 17.3. The van der Waals surface area contributed by atoms with E-state index in [1.54, 1.807) is 17.5 Å². The first-order valence-corrected chi connectivity index (χ1v) is 9.28. The maximum atomic E-state index is 11.2. The highest BCUT2D eigenvalue weighted by Gasteiger charge is 2.10. The van der Waals surface area contributed by atoms with Gasteiger partial charge in [0.15, 0.2) is 0 Å². The molecule has 0 aliphatic rings. The maximum Gasteiger partial charge on any atom is 0.227 e. The van der Waals surface area contributed by atoms with Crippen molar-refractivity contribution in [2.24, 2.45) is 0 Å². The normalized spacial score (nSPS) is 11.0. The molecule has 0 atom stereocenters. The van der Waals surface area contributed by atoms with E-state index >= 15 is 0 Å². The second-order valence-corrected chi connectivity index (χ2v) is 7.15. The molecule has 0 fully saturated rings. The van der Waals surface area contributed by atoms with Crippen LogP contribution in [0.5, 0.6) is 0 Å². The summed E-state index contributed by atoms with van der Waals surface area (Å²) in [6.45, 7) is 2.21. The molecule has 0 bridgehead atoms. The zero-order valence-corrected chi connectivity index (χ0v) is 15.7. The lowest BCUT2D eigenvalue weighted by atomic mass is 10.2. The van der Waals surface area contributed by atoms with Crippen LogP contribution in [0.1, 0.15) is 11.9 Å². The van der Waals surface area contributed by atoms with Crippen LogP contribution in [-0.2, 0) is 11.3 Å². The first-order chi connectivity index (χ1) is 13.1. The van der Waals surface area contributed by atoms with E-state index in [2.05, 4.69) is 25.9 Å². The minimum atomic E-state index is -0.112. The minimum absolute atomic E-state index is 0.112. The fourth-order valence-corrected chi connectivity index (χ4v) is 3.89. The smallest absolute Gasteiger partial charge is 0.227 e. The van der Waals surface area contributed by atoms with Crippen LogP contribution in [0.15, 0.2) is 42.6 Å².